The summed E-state index contributed by atoms with van der Waals surface area (Å²) < 4.78 is 0. The Kier molecular flexibility index (Phi) is 4.46. The third kappa shape index (κ3) is 3.22. The fourth-order valence-corrected chi connectivity index (χ4v) is 3.47. The number of rotatable bonds is 3. The summed E-state index contributed by atoms with van der Waals surface area (Å²) in [6, 6.07) is 21.7. The first-order valence-corrected chi connectivity index (χ1v) is 8.97. The largest absolute Gasteiger partial charge is 0.363 e. The lowest BCUT2D eigenvalue weighted by Crippen LogP contribution is -2.14. The summed E-state index contributed by atoms with van der Waals surface area (Å²) in [4.78, 5) is 2.26. The van der Waals surface area contributed by atoms with Gasteiger partial charge in [0.25, 0.3) is 0 Å². The van der Waals surface area contributed by atoms with Gasteiger partial charge in [-0.15, -0.1) is 0 Å². The Morgan fingerprint density at radius 3 is 2.50 bits per heavy atom. The van der Waals surface area contributed by atoms with E-state index in [1.165, 1.54) is 11.1 Å². The van der Waals surface area contributed by atoms with Crippen molar-refractivity contribution in [3.63, 3.8) is 0 Å². The second kappa shape index (κ2) is 6.92. The van der Waals surface area contributed by atoms with Crippen molar-refractivity contribution in [3.05, 3.63) is 87.4 Å². The number of nitrogens with one attached hydrogen (secondary N) is 1. The molecule has 128 valence electrons. The van der Waals surface area contributed by atoms with Gasteiger partial charge in [-0.3, -0.25) is 0 Å². The zero-order chi connectivity index (χ0) is 18.1. The third-order valence-corrected chi connectivity index (χ3v) is 5.26. The highest BCUT2D eigenvalue weighted by Gasteiger charge is 2.20. The molecule has 1 aliphatic rings. The predicted octanol–water partition coefficient (Wildman–Crippen LogP) is 6.13. The van der Waals surface area contributed by atoms with Gasteiger partial charge in [-0.25, -0.2) is 0 Å². The molecule has 4 rings (SSSR count). The molecule has 0 unspecified atom stereocenters. The Labute approximate surface area is 162 Å². The molecule has 0 atom stereocenters. The molecule has 0 amide bonds. The molecular formula is C21H15Cl2N3. The van der Waals surface area contributed by atoms with Crippen molar-refractivity contribution in [3.8, 4) is 6.07 Å². The molecule has 5 heteroatoms. The molecule has 3 nitrogen and oxygen atoms in total. The van der Waals surface area contributed by atoms with E-state index in [0.717, 1.165) is 30.2 Å². The first-order valence-electron chi connectivity index (χ1n) is 8.22. The molecule has 0 saturated heterocycles. The lowest BCUT2D eigenvalue weighted by molar-refractivity contribution is 0.881. The minimum Gasteiger partial charge on any atom is -0.363 e. The smallest absolute Gasteiger partial charge is 0.101 e. The molecule has 3 aromatic carbocycles. The number of hydrogen-bond acceptors (Lipinski definition) is 3. The van der Waals surface area contributed by atoms with Crippen LogP contribution in [0.3, 0.4) is 0 Å². The maximum Gasteiger partial charge on any atom is 0.101 e. The molecule has 0 aromatic heterocycles. The van der Waals surface area contributed by atoms with Gasteiger partial charge in [-0.05, 0) is 53.6 Å². The van der Waals surface area contributed by atoms with Gasteiger partial charge in [0.05, 0.1) is 21.3 Å². The van der Waals surface area contributed by atoms with E-state index in [-0.39, 0.29) is 0 Å². The van der Waals surface area contributed by atoms with Crippen LogP contribution in [0.2, 0.25) is 10.0 Å². The number of fused-ring (bicyclic) bond motifs is 1. The number of halogens is 2. The maximum absolute atomic E-state index is 9.24. The predicted molar refractivity (Wildman–Crippen MR) is 107 cm³/mol. The topological polar surface area (TPSA) is 39.1 Å². The highest BCUT2D eigenvalue weighted by Crippen LogP contribution is 2.34. The molecule has 0 saturated carbocycles. The molecule has 26 heavy (non-hydrogen) atoms. The van der Waals surface area contributed by atoms with Crippen molar-refractivity contribution in [2.45, 2.75) is 13.1 Å². The van der Waals surface area contributed by atoms with E-state index in [9.17, 15) is 5.26 Å². The summed E-state index contributed by atoms with van der Waals surface area (Å²) in [5.41, 5.74) is 6.02. The number of anilines is 3. The summed E-state index contributed by atoms with van der Waals surface area (Å²) in [6.45, 7) is 1.64. The first kappa shape index (κ1) is 16.8. The van der Waals surface area contributed by atoms with E-state index < -0.39 is 0 Å². The number of benzene rings is 3. The molecule has 0 bridgehead atoms. The number of nitrogens with zero attached hydrogens (tertiary/aromatic N) is 2. The number of para-hydroxylation sites is 1. The summed E-state index contributed by atoms with van der Waals surface area (Å²) in [7, 11) is 0. The van der Waals surface area contributed by atoms with Crippen LogP contribution in [0.25, 0.3) is 0 Å². The summed E-state index contributed by atoms with van der Waals surface area (Å²) in [6.07, 6.45) is 0. The van der Waals surface area contributed by atoms with E-state index in [2.05, 4.69) is 28.4 Å². The van der Waals surface area contributed by atoms with Gasteiger partial charge < -0.3 is 10.2 Å². The molecule has 0 aliphatic carbocycles. The van der Waals surface area contributed by atoms with Crippen molar-refractivity contribution in [1.29, 1.82) is 5.26 Å². The Balaban J connectivity index is 1.57. The fraction of sp³-hybridized carbons (Fsp3) is 0.0952. The summed E-state index contributed by atoms with van der Waals surface area (Å²) in [5, 5.41) is 13.7. The fourth-order valence-electron chi connectivity index (χ4n) is 3.18. The van der Waals surface area contributed by atoms with Crippen LogP contribution >= 0.6 is 23.2 Å². The van der Waals surface area contributed by atoms with E-state index in [4.69, 9.17) is 23.2 Å². The van der Waals surface area contributed by atoms with Crippen LogP contribution in [0, 0.1) is 11.3 Å². The summed E-state index contributed by atoms with van der Waals surface area (Å²) >= 11 is 12.2. The van der Waals surface area contributed by atoms with Crippen LogP contribution in [0.15, 0.2) is 60.7 Å². The first-order chi connectivity index (χ1) is 12.6. The second-order valence-electron chi connectivity index (χ2n) is 6.22. The molecule has 1 aliphatic heterocycles. The van der Waals surface area contributed by atoms with Gasteiger partial charge in [0, 0.05) is 24.5 Å². The van der Waals surface area contributed by atoms with Crippen LogP contribution in [0.5, 0.6) is 0 Å². The van der Waals surface area contributed by atoms with Crippen molar-refractivity contribution < 1.29 is 0 Å². The maximum atomic E-state index is 9.24. The van der Waals surface area contributed by atoms with Crippen LogP contribution < -0.4 is 10.2 Å². The van der Waals surface area contributed by atoms with Crippen LogP contribution in [-0.4, -0.2) is 0 Å². The Bertz CT molecular complexity index is 1020. The highest BCUT2D eigenvalue weighted by atomic mass is 35.5. The number of hydrogen-bond donors (Lipinski definition) is 1. The van der Waals surface area contributed by atoms with Gasteiger partial charge in [0.1, 0.15) is 6.07 Å². The quantitative estimate of drug-likeness (QED) is 0.594. The minimum atomic E-state index is 0.565. The van der Waals surface area contributed by atoms with Crippen molar-refractivity contribution in [1.82, 2.24) is 0 Å². The van der Waals surface area contributed by atoms with Crippen molar-refractivity contribution >= 4 is 40.3 Å². The van der Waals surface area contributed by atoms with Gasteiger partial charge in [0.2, 0.25) is 0 Å². The summed E-state index contributed by atoms with van der Waals surface area (Å²) in [5.74, 6) is 0. The Morgan fingerprint density at radius 2 is 1.69 bits per heavy atom. The number of nitriles is 1. The van der Waals surface area contributed by atoms with Crippen molar-refractivity contribution in [2.24, 2.45) is 0 Å². The molecule has 0 fully saturated rings. The molecule has 3 aromatic rings. The van der Waals surface area contributed by atoms with E-state index in [1.807, 2.05) is 48.5 Å². The lowest BCUT2D eigenvalue weighted by Gasteiger charge is -2.18. The zero-order valence-corrected chi connectivity index (χ0v) is 15.3. The standard InChI is InChI=1S/C21H15Cl2N3/c22-19-8-7-18(10-20(19)23)26-12-15-5-6-17(9-16(15)13-26)25-21-4-2-1-3-14(21)11-24/h1-10,25H,12-13H2. The molecular weight excluding hydrogens is 365 g/mol. The Hall–Kier alpha value is -2.67. The van der Waals surface area contributed by atoms with Crippen molar-refractivity contribution in [2.75, 3.05) is 10.2 Å². The molecule has 0 spiro atoms. The van der Waals surface area contributed by atoms with Gasteiger partial charge >= 0.3 is 0 Å². The van der Waals surface area contributed by atoms with Gasteiger partial charge in [0.15, 0.2) is 0 Å². The average Bonchev–Trinajstić information content (AvgIpc) is 3.08. The lowest BCUT2D eigenvalue weighted by atomic mass is 10.1. The monoisotopic (exact) mass is 379 g/mol. The van der Waals surface area contributed by atoms with Crippen LogP contribution in [-0.2, 0) is 13.1 Å². The second-order valence-corrected chi connectivity index (χ2v) is 7.03. The minimum absolute atomic E-state index is 0.565. The van der Waals surface area contributed by atoms with E-state index >= 15 is 0 Å². The van der Waals surface area contributed by atoms with Gasteiger partial charge in [-0.1, -0.05) is 41.4 Å². The molecule has 1 N–H and O–H groups in total. The highest BCUT2D eigenvalue weighted by molar-refractivity contribution is 6.42. The average molecular weight is 380 g/mol. The van der Waals surface area contributed by atoms with Crippen LogP contribution in [0.4, 0.5) is 17.1 Å². The van der Waals surface area contributed by atoms with E-state index in [1.54, 1.807) is 0 Å². The SMILES string of the molecule is N#Cc1ccccc1Nc1ccc2c(c1)CN(c1ccc(Cl)c(Cl)c1)C2. The normalized spacial score (nSPS) is 12.6. The van der Waals surface area contributed by atoms with E-state index in [0.29, 0.717) is 15.6 Å². The third-order valence-electron chi connectivity index (χ3n) is 4.52. The Morgan fingerprint density at radius 1 is 0.885 bits per heavy atom. The van der Waals surface area contributed by atoms with Crippen LogP contribution in [0.1, 0.15) is 16.7 Å². The van der Waals surface area contributed by atoms with Gasteiger partial charge in [-0.2, -0.15) is 5.26 Å². The molecule has 0 radical (unpaired) electrons. The zero-order valence-electron chi connectivity index (χ0n) is 13.8. The molecule has 1 heterocycles.